The van der Waals surface area contributed by atoms with E-state index in [2.05, 4.69) is 37.4 Å². The molecule has 0 aromatic heterocycles. The van der Waals surface area contributed by atoms with Crippen LogP contribution >= 0.6 is 0 Å². The summed E-state index contributed by atoms with van der Waals surface area (Å²) in [6.07, 6.45) is 5.16. The zero-order chi connectivity index (χ0) is 13.0. The minimum atomic E-state index is 0.116. The second kappa shape index (κ2) is 5.75. The lowest BCUT2D eigenvalue weighted by Gasteiger charge is -2.38. The van der Waals surface area contributed by atoms with E-state index < -0.39 is 0 Å². The fourth-order valence-corrected chi connectivity index (χ4v) is 3.08. The number of ether oxygens (including phenoxy) is 1. The van der Waals surface area contributed by atoms with E-state index in [4.69, 9.17) is 4.74 Å². The van der Waals surface area contributed by atoms with E-state index in [1.54, 1.807) is 7.11 Å². The Hall–Kier alpha value is -1.02. The van der Waals surface area contributed by atoms with Crippen molar-refractivity contribution in [3.63, 3.8) is 0 Å². The van der Waals surface area contributed by atoms with Gasteiger partial charge in [-0.25, -0.2) is 0 Å². The normalized spacial score (nSPS) is 24.9. The summed E-state index contributed by atoms with van der Waals surface area (Å²) in [7, 11) is 1.74. The fraction of sp³-hybridized carbons (Fsp3) is 0.625. The van der Waals surface area contributed by atoms with E-state index in [0.717, 1.165) is 12.3 Å². The molecule has 1 aliphatic heterocycles. The van der Waals surface area contributed by atoms with Crippen molar-refractivity contribution in [2.24, 2.45) is 5.92 Å². The third kappa shape index (κ3) is 2.54. The highest BCUT2D eigenvalue weighted by Gasteiger charge is 2.35. The lowest BCUT2D eigenvalue weighted by molar-refractivity contribution is 0.230. The molecular formula is C16H25NO. The zero-order valence-electron chi connectivity index (χ0n) is 11.8. The minimum absolute atomic E-state index is 0.116. The van der Waals surface area contributed by atoms with Crippen LogP contribution in [0.15, 0.2) is 24.3 Å². The van der Waals surface area contributed by atoms with E-state index in [9.17, 15) is 0 Å². The van der Waals surface area contributed by atoms with E-state index in [1.165, 1.54) is 31.2 Å². The quantitative estimate of drug-likeness (QED) is 0.879. The molecular weight excluding hydrogens is 222 g/mol. The van der Waals surface area contributed by atoms with Gasteiger partial charge in [0, 0.05) is 5.54 Å². The Labute approximate surface area is 111 Å². The van der Waals surface area contributed by atoms with Crippen molar-refractivity contribution in [1.29, 1.82) is 0 Å². The number of nitrogens with one attached hydrogen (secondary N) is 1. The molecule has 0 saturated carbocycles. The second-order valence-corrected chi connectivity index (χ2v) is 5.60. The zero-order valence-corrected chi connectivity index (χ0v) is 11.8. The van der Waals surface area contributed by atoms with Gasteiger partial charge in [-0.3, -0.25) is 0 Å². The van der Waals surface area contributed by atoms with Crippen molar-refractivity contribution in [3.05, 3.63) is 29.8 Å². The van der Waals surface area contributed by atoms with Crippen molar-refractivity contribution in [3.8, 4) is 5.75 Å². The van der Waals surface area contributed by atoms with Crippen LogP contribution in [0.3, 0.4) is 0 Å². The first kappa shape index (κ1) is 13.4. The number of rotatable bonds is 3. The summed E-state index contributed by atoms with van der Waals surface area (Å²) in [5.41, 5.74) is 1.49. The molecule has 1 fully saturated rings. The first-order chi connectivity index (χ1) is 8.69. The molecule has 0 bridgehead atoms. The Balaban J connectivity index is 2.38. The summed E-state index contributed by atoms with van der Waals surface area (Å²) in [6.45, 7) is 5.75. The van der Waals surface area contributed by atoms with Crippen molar-refractivity contribution in [2.75, 3.05) is 13.7 Å². The first-order valence-electron chi connectivity index (χ1n) is 7.08. The molecule has 1 atom stereocenters. The molecule has 18 heavy (non-hydrogen) atoms. The Kier molecular flexibility index (Phi) is 4.28. The maximum absolute atomic E-state index is 5.37. The van der Waals surface area contributed by atoms with Gasteiger partial charge in [0.2, 0.25) is 0 Å². The molecule has 0 spiro atoms. The molecule has 100 valence electrons. The Morgan fingerprint density at radius 2 is 2.06 bits per heavy atom. The largest absolute Gasteiger partial charge is 0.497 e. The van der Waals surface area contributed by atoms with Crippen LogP contribution in [0, 0.1) is 5.92 Å². The van der Waals surface area contributed by atoms with Crippen LogP contribution in [-0.4, -0.2) is 13.7 Å². The fourth-order valence-electron chi connectivity index (χ4n) is 3.08. The van der Waals surface area contributed by atoms with Crippen LogP contribution in [0.1, 0.15) is 45.1 Å². The van der Waals surface area contributed by atoms with E-state index >= 15 is 0 Å². The molecule has 1 aliphatic rings. The van der Waals surface area contributed by atoms with E-state index in [1.807, 2.05) is 6.07 Å². The number of benzene rings is 1. The molecule has 1 N–H and O–H groups in total. The maximum Gasteiger partial charge on any atom is 0.119 e. The molecule has 0 aliphatic carbocycles. The molecule has 0 amide bonds. The van der Waals surface area contributed by atoms with Gasteiger partial charge in [-0.2, -0.15) is 0 Å². The maximum atomic E-state index is 5.37. The summed E-state index contributed by atoms with van der Waals surface area (Å²) in [4.78, 5) is 0. The van der Waals surface area contributed by atoms with Crippen LogP contribution in [0.5, 0.6) is 5.75 Å². The van der Waals surface area contributed by atoms with Crippen molar-refractivity contribution >= 4 is 0 Å². The third-order valence-electron chi connectivity index (χ3n) is 4.26. The SMILES string of the molecule is COc1cccc(C2(C(C)C)CCCCCN2)c1. The molecule has 1 heterocycles. The minimum Gasteiger partial charge on any atom is -0.497 e. The van der Waals surface area contributed by atoms with Crippen LogP contribution in [0.2, 0.25) is 0 Å². The third-order valence-corrected chi connectivity index (χ3v) is 4.26. The van der Waals surface area contributed by atoms with Crippen molar-refractivity contribution in [2.45, 2.75) is 45.1 Å². The van der Waals surface area contributed by atoms with E-state index in [0.29, 0.717) is 5.92 Å². The molecule has 1 unspecified atom stereocenters. The van der Waals surface area contributed by atoms with Gasteiger partial charge in [0.25, 0.3) is 0 Å². The predicted octanol–water partition coefficient (Wildman–Crippen LogP) is 3.71. The van der Waals surface area contributed by atoms with Gasteiger partial charge in [0.15, 0.2) is 0 Å². The predicted molar refractivity (Wildman–Crippen MR) is 76.0 cm³/mol. The lowest BCUT2D eigenvalue weighted by Crippen LogP contribution is -2.46. The molecule has 2 heteroatoms. The molecule has 1 aromatic carbocycles. The average Bonchev–Trinajstić information content (AvgIpc) is 2.65. The monoisotopic (exact) mass is 247 g/mol. The summed E-state index contributed by atoms with van der Waals surface area (Å²) in [5, 5.41) is 3.81. The highest BCUT2D eigenvalue weighted by Crippen LogP contribution is 2.37. The van der Waals surface area contributed by atoms with Gasteiger partial charge in [-0.15, -0.1) is 0 Å². The smallest absolute Gasteiger partial charge is 0.119 e. The Morgan fingerprint density at radius 1 is 1.22 bits per heavy atom. The van der Waals surface area contributed by atoms with Gasteiger partial charge in [-0.05, 0) is 43.0 Å². The number of methoxy groups -OCH3 is 1. The molecule has 2 nitrogen and oxygen atoms in total. The van der Waals surface area contributed by atoms with E-state index in [-0.39, 0.29) is 5.54 Å². The molecule has 1 aromatic rings. The van der Waals surface area contributed by atoms with Crippen LogP contribution < -0.4 is 10.1 Å². The summed E-state index contributed by atoms with van der Waals surface area (Å²) < 4.78 is 5.37. The van der Waals surface area contributed by atoms with Gasteiger partial charge < -0.3 is 10.1 Å². The second-order valence-electron chi connectivity index (χ2n) is 5.60. The standard InChI is InChI=1S/C16H25NO/c1-13(2)16(10-5-4-6-11-17-16)14-8-7-9-15(12-14)18-3/h7-9,12-13,17H,4-6,10-11H2,1-3H3. The Bertz CT molecular complexity index is 378. The highest BCUT2D eigenvalue weighted by molar-refractivity contribution is 5.34. The van der Waals surface area contributed by atoms with Crippen molar-refractivity contribution in [1.82, 2.24) is 5.32 Å². The van der Waals surface area contributed by atoms with Crippen LogP contribution in [0.4, 0.5) is 0 Å². The topological polar surface area (TPSA) is 21.3 Å². The van der Waals surface area contributed by atoms with Gasteiger partial charge >= 0.3 is 0 Å². The number of hydrogen-bond donors (Lipinski definition) is 1. The highest BCUT2D eigenvalue weighted by atomic mass is 16.5. The Morgan fingerprint density at radius 3 is 2.78 bits per heavy atom. The summed E-state index contributed by atoms with van der Waals surface area (Å²) >= 11 is 0. The lowest BCUT2D eigenvalue weighted by atomic mass is 9.76. The summed E-state index contributed by atoms with van der Waals surface area (Å²) in [6, 6.07) is 8.55. The number of hydrogen-bond acceptors (Lipinski definition) is 2. The van der Waals surface area contributed by atoms with Gasteiger partial charge in [0.1, 0.15) is 5.75 Å². The van der Waals surface area contributed by atoms with Gasteiger partial charge in [-0.1, -0.05) is 38.8 Å². The first-order valence-corrected chi connectivity index (χ1v) is 7.08. The van der Waals surface area contributed by atoms with Crippen molar-refractivity contribution < 1.29 is 4.74 Å². The summed E-state index contributed by atoms with van der Waals surface area (Å²) in [5.74, 6) is 1.54. The average molecular weight is 247 g/mol. The van der Waals surface area contributed by atoms with Crippen LogP contribution in [0.25, 0.3) is 0 Å². The van der Waals surface area contributed by atoms with Crippen LogP contribution in [-0.2, 0) is 5.54 Å². The van der Waals surface area contributed by atoms with Gasteiger partial charge in [0.05, 0.1) is 7.11 Å². The molecule has 1 saturated heterocycles. The molecule has 2 rings (SSSR count). The molecule has 0 radical (unpaired) electrons.